The number of rotatable bonds is 7. The normalized spacial score (nSPS) is 15.8. The van der Waals surface area contributed by atoms with E-state index in [-0.39, 0.29) is 12.5 Å². The lowest BCUT2D eigenvalue weighted by molar-refractivity contribution is -0.133. The van der Waals surface area contributed by atoms with Gasteiger partial charge in [-0.15, -0.1) is 0 Å². The van der Waals surface area contributed by atoms with Gasteiger partial charge in [-0.2, -0.15) is 0 Å². The van der Waals surface area contributed by atoms with E-state index in [0.717, 1.165) is 43.9 Å². The third-order valence-corrected chi connectivity index (χ3v) is 4.03. The van der Waals surface area contributed by atoms with Crippen LogP contribution in [0.4, 0.5) is 0 Å². The van der Waals surface area contributed by atoms with Crippen molar-refractivity contribution in [2.75, 3.05) is 45.9 Å². The molecule has 0 aliphatic carbocycles. The first kappa shape index (κ1) is 16.8. The summed E-state index contributed by atoms with van der Waals surface area (Å²) in [5.74, 6) is 1.10. The first-order valence-electron chi connectivity index (χ1n) is 8.00. The molecule has 0 atom stereocenters. The Morgan fingerprint density at radius 2 is 1.95 bits per heavy atom. The van der Waals surface area contributed by atoms with Crippen LogP contribution in [0.3, 0.4) is 0 Å². The van der Waals surface area contributed by atoms with E-state index in [2.05, 4.69) is 4.90 Å². The van der Waals surface area contributed by atoms with Crippen LogP contribution in [-0.4, -0.2) is 66.8 Å². The summed E-state index contributed by atoms with van der Waals surface area (Å²) in [4.78, 5) is 16.2. The number of aliphatic hydroxyl groups is 1. The van der Waals surface area contributed by atoms with Crippen LogP contribution in [0.1, 0.15) is 18.4 Å². The molecule has 0 saturated carbocycles. The Morgan fingerprint density at radius 1 is 1.23 bits per heavy atom. The zero-order chi connectivity index (χ0) is 15.8. The molecular weight excluding hydrogens is 280 g/mol. The topological polar surface area (TPSA) is 53.0 Å². The Kier molecular flexibility index (Phi) is 6.68. The van der Waals surface area contributed by atoms with Crippen LogP contribution in [0, 0.1) is 6.92 Å². The number of hydrogen-bond acceptors (Lipinski definition) is 4. The van der Waals surface area contributed by atoms with E-state index in [9.17, 15) is 4.79 Å². The minimum absolute atomic E-state index is 0.185. The van der Waals surface area contributed by atoms with Crippen LogP contribution in [0.25, 0.3) is 0 Å². The maximum absolute atomic E-state index is 12.1. The van der Waals surface area contributed by atoms with Crippen LogP contribution in [-0.2, 0) is 4.79 Å². The molecule has 1 aliphatic rings. The molecular formula is C17H26N2O3. The second-order valence-electron chi connectivity index (χ2n) is 5.66. The molecule has 0 bridgehead atoms. The van der Waals surface area contributed by atoms with Crippen molar-refractivity contribution in [3.8, 4) is 5.75 Å². The van der Waals surface area contributed by atoms with Gasteiger partial charge in [-0.3, -0.25) is 9.69 Å². The van der Waals surface area contributed by atoms with E-state index >= 15 is 0 Å². The van der Waals surface area contributed by atoms with Gasteiger partial charge >= 0.3 is 0 Å². The van der Waals surface area contributed by atoms with Gasteiger partial charge in [-0.05, 0) is 25.0 Å². The summed E-state index contributed by atoms with van der Waals surface area (Å²) in [6, 6.07) is 7.92. The minimum atomic E-state index is 0.185. The number of aryl methyl sites for hydroxylation is 1. The van der Waals surface area contributed by atoms with Crippen molar-refractivity contribution in [1.82, 2.24) is 9.80 Å². The molecule has 5 nitrogen and oxygen atoms in total. The number of carbonyl (C=O) groups is 1. The molecule has 22 heavy (non-hydrogen) atoms. The highest BCUT2D eigenvalue weighted by Gasteiger charge is 2.20. The van der Waals surface area contributed by atoms with Crippen molar-refractivity contribution < 1.29 is 14.6 Å². The number of aliphatic hydroxyl groups excluding tert-OH is 1. The molecule has 1 aliphatic heterocycles. The largest absolute Gasteiger partial charge is 0.493 e. The molecule has 1 aromatic carbocycles. The summed E-state index contributed by atoms with van der Waals surface area (Å²) in [6.45, 7) is 6.71. The minimum Gasteiger partial charge on any atom is -0.493 e. The number of nitrogens with zero attached hydrogens (tertiary/aromatic N) is 2. The number of β-amino-alcohol motifs (C(OH)–C–C–N with tert-alkyl or cyclic N) is 1. The van der Waals surface area contributed by atoms with Crippen LogP contribution >= 0.6 is 0 Å². The van der Waals surface area contributed by atoms with Gasteiger partial charge in [0, 0.05) is 39.1 Å². The lowest BCUT2D eigenvalue weighted by Gasteiger charge is -2.34. The molecule has 1 fully saturated rings. The van der Waals surface area contributed by atoms with Crippen LogP contribution in [0.2, 0.25) is 0 Å². The molecule has 1 heterocycles. The third-order valence-electron chi connectivity index (χ3n) is 4.03. The molecule has 1 saturated heterocycles. The number of carbonyl (C=O) groups excluding carboxylic acids is 1. The fourth-order valence-corrected chi connectivity index (χ4v) is 2.64. The van der Waals surface area contributed by atoms with Gasteiger partial charge in [-0.25, -0.2) is 0 Å². The zero-order valence-corrected chi connectivity index (χ0v) is 13.3. The van der Waals surface area contributed by atoms with Crippen molar-refractivity contribution in [2.24, 2.45) is 0 Å². The highest BCUT2D eigenvalue weighted by Crippen LogP contribution is 2.16. The lowest BCUT2D eigenvalue weighted by Crippen LogP contribution is -2.49. The monoisotopic (exact) mass is 306 g/mol. The molecule has 2 rings (SSSR count). The second kappa shape index (κ2) is 8.76. The Morgan fingerprint density at radius 3 is 2.64 bits per heavy atom. The third kappa shape index (κ3) is 5.00. The first-order valence-corrected chi connectivity index (χ1v) is 8.00. The summed E-state index contributed by atoms with van der Waals surface area (Å²) < 4.78 is 5.72. The number of benzene rings is 1. The molecule has 0 unspecified atom stereocenters. The summed E-state index contributed by atoms with van der Waals surface area (Å²) in [5, 5.41) is 8.91. The van der Waals surface area contributed by atoms with Crippen molar-refractivity contribution in [1.29, 1.82) is 0 Å². The molecule has 1 N–H and O–H groups in total. The van der Waals surface area contributed by atoms with Crippen molar-refractivity contribution >= 4 is 5.91 Å². The number of amides is 1. The Hall–Kier alpha value is -1.59. The van der Waals surface area contributed by atoms with Crippen molar-refractivity contribution in [3.63, 3.8) is 0 Å². The zero-order valence-electron chi connectivity index (χ0n) is 13.3. The maximum atomic E-state index is 12.1. The maximum Gasteiger partial charge on any atom is 0.222 e. The molecule has 0 aromatic heterocycles. The second-order valence-corrected chi connectivity index (χ2v) is 5.66. The van der Waals surface area contributed by atoms with Gasteiger partial charge in [0.1, 0.15) is 5.75 Å². The van der Waals surface area contributed by atoms with E-state index in [1.165, 1.54) is 0 Å². The van der Waals surface area contributed by atoms with E-state index in [1.54, 1.807) is 0 Å². The quantitative estimate of drug-likeness (QED) is 0.771. The number of piperazine rings is 1. The average Bonchev–Trinajstić information content (AvgIpc) is 2.54. The van der Waals surface area contributed by atoms with Gasteiger partial charge in [-0.1, -0.05) is 18.2 Å². The van der Waals surface area contributed by atoms with Gasteiger partial charge in [0.05, 0.1) is 13.2 Å². The average molecular weight is 306 g/mol. The van der Waals surface area contributed by atoms with Gasteiger partial charge in [0.25, 0.3) is 0 Å². The van der Waals surface area contributed by atoms with E-state index < -0.39 is 0 Å². The van der Waals surface area contributed by atoms with Crippen LogP contribution < -0.4 is 4.74 Å². The molecule has 0 radical (unpaired) electrons. The Balaban J connectivity index is 1.63. The molecule has 0 spiro atoms. The predicted molar refractivity (Wildman–Crippen MR) is 86.0 cm³/mol. The lowest BCUT2D eigenvalue weighted by atomic mass is 10.2. The molecule has 5 heteroatoms. The van der Waals surface area contributed by atoms with E-state index in [4.69, 9.17) is 9.84 Å². The van der Waals surface area contributed by atoms with Crippen molar-refractivity contribution in [3.05, 3.63) is 29.8 Å². The van der Waals surface area contributed by atoms with E-state index in [1.807, 2.05) is 36.1 Å². The summed E-state index contributed by atoms with van der Waals surface area (Å²) in [5.41, 5.74) is 1.12. The van der Waals surface area contributed by atoms with E-state index in [0.29, 0.717) is 19.6 Å². The summed E-state index contributed by atoms with van der Waals surface area (Å²) in [7, 11) is 0. The predicted octanol–water partition coefficient (Wildman–Crippen LogP) is 1.29. The first-order chi connectivity index (χ1) is 10.7. The fraction of sp³-hybridized carbons (Fsp3) is 0.588. The van der Waals surface area contributed by atoms with Gasteiger partial charge in [0.2, 0.25) is 5.91 Å². The molecule has 122 valence electrons. The highest BCUT2D eigenvalue weighted by atomic mass is 16.5. The summed E-state index contributed by atoms with van der Waals surface area (Å²) >= 11 is 0. The Bertz CT molecular complexity index is 471. The highest BCUT2D eigenvalue weighted by molar-refractivity contribution is 5.76. The van der Waals surface area contributed by atoms with Gasteiger partial charge in [0.15, 0.2) is 0 Å². The molecule has 1 aromatic rings. The van der Waals surface area contributed by atoms with Crippen LogP contribution in [0.5, 0.6) is 5.75 Å². The smallest absolute Gasteiger partial charge is 0.222 e. The van der Waals surface area contributed by atoms with Crippen LogP contribution in [0.15, 0.2) is 24.3 Å². The van der Waals surface area contributed by atoms with Gasteiger partial charge < -0.3 is 14.7 Å². The Labute approximate surface area is 132 Å². The number of para-hydroxylation sites is 1. The number of ether oxygens (including phenoxy) is 1. The SMILES string of the molecule is Cc1ccccc1OCCCC(=O)N1CCN(CCO)CC1. The summed E-state index contributed by atoms with van der Waals surface area (Å²) in [6.07, 6.45) is 1.27. The standard InChI is InChI=1S/C17H26N2O3/c1-15-5-2-3-6-16(15)22-14-4-7-17(21)19-10-8-18(9-11-19)12-13-20/h2-3,5-6,20H,4,7-14H2,1H3. The van der Waals surface area contributed by atoms with Crippen molar-refractivity contribution in [2.45, 2.75) is 19.8 Å². The molecule has 1 amide bonds. The fourth-order valence-electron chi connectivity index (χ4n) is 2.64. The number of hydrogen-bond donors (Lipinski definition) is 1.